The van der Waals surface area contributed by atoms with Crippen LogP contribution in [0.1, 0.15) is 17.2 Å². The van der Waals surface area contributed by atoms with E-state index in [0.29, 0.717) is 6.54 Å². The zero-order valence-corrected chi connectivity index (χ0v) is 21.2. The third kappa shape index (κ3) is 5.90. The maximum atomic E-state index is 10.7. The van der Waals surface area contributed by atoms with Crippen molar-refractivity contribution in [3.05, 3.63) is 107 Å². The van der Waals surface area contributed by atoms with Gasteiger partial charge in [-0.05, 0) is 45.3 Å². The van der Waals surface area contributed by atoms with Crippen LogP contribution in [-0.4, -0.2) is 65.3 Å². The third-order valence-electron chi connectivity index (χ3n) is 6.56. The van der Waals surface area contributed by atoms with Crippen molar-refractivity contribution in [2.45, 2.75) is 12.1 Å². The van der Waals surface area contributed by atoms with E-state index in [1.807, 2.05) is 24.3 Å². The van der Waals surface area contributed by atoms with Crippen LogP contribution in [0.25, 0.3) is 10.9 Å². The van der Waals surface area contributed by atoms with Crippen molar-refractivity contribution in [3.8, 4) is 5.75 Å². The molecular formula is C29H30BrN3O2. The molecule has 0 spiro atoms. The minimum Gasteiger partial charge on any atom is -0.490 e. The van der Waals surface area contributed by atoms with Crippen LogP contribution < -0.4 is 4.74 Å². The molecule has 35 heavy (non-hydrogen) atoms. The summed E-state index contributed by atoms with van der Waals surface area (Å²) in [6.07, 6.45) is 1.22. The quantitative estimate of drug-likeness (QED) is 0.341. The van der Waals surface area contributed by atoms with Crippen LogP contribution in [-0.2, 0) is 0 Å². The van der Waals surface area contributed by atoms with Gasteiger partial charge in [0.2, 0.25) is 0 Å². The molecule has 3 aromatic carbocycles. The summed E-state index contributed by atoms with van der Waals surface area (Å²) >= 11 is 3.48. The molecule has 2 heterocycles. The normalized spacial score (nSPS) is 16.0. The highest BCUT2D eigenvalue weighted by atomic mass is 79.9. The van der Waals surface area contributed by atoms with E-state index in [4.69, 9.17) is 4.74 Å². The first-order valence-electron chi connectivity index (χ1n) is 12.1. The molecule has 1 atom stereocenters. The zero-order chi connectivity index (χ0) is 24.0. The summed E-state index contributed by atoms with van der Waals surface area (Å²) in [5, 5.41) is 11.7. The van der Waals surface area contributed by atoms with E-state index < -0.39 is 6.10 Å². The molecule has 5 nitrogen and oxygen atoms in total. The Balaban J connectivity index is 1.18. The predicted molar refractivity (Wildman–Crippen MR) is 144 cm³/mol. The zero-order valence-electron chi connectivity index (χ0n) is 19.6. The Labute approximate surface area is 215 Å². The van der Waals surface area contributed by atoms with E-state index in [-0.39, 0.29) is 12.6 Å². The highest BCUT2D eigenvalue weighted by molar-refractivity contribution is 9.10. The lowest BCUT2D eigenvalue weighted by molar-refractivity contribution is 0.0404. The van der Waals surface area contributed by atoms with Gasteiger partial charge in [-0.25, -0.2) is 0 Å². The van der Waals surface area contributed by atoms with Gasteiger partial charge in [-0.15, -0.1) is 0 Å². The minimum atomic E-state index is -0.559. The second-order valence-electron chi connectivity index (χ2n) is 9.00. The van der Waals surface area contributed by atoms with Crippen molar-refractivity contribution in [2.75, 3.05) is 39.3 Å². The predicted octanol–water partition coefficient (Wildman–Crippen LogP) is 5.14. The fourth-order valence-corrected chi connectivity index (χ4v) is 5.18. The maximum absolute atomic E-state index is 10.7. The molecule has 1 aromatic heterocycles. The number of fused-ring (bicyclic) bond motifs is 1. The van der Waals surface area contributed by atoms with Gasteiger partial charge < -0.3 is 9.84 Å². The van der Waals surface area contributed by atoms with Gasteiger partial charge in [0.15, 0.2) is 0 Å². The highest BCUT2D eigenvalue weighted by Crippen LogP contribution is 2.30. The van der Waals surface area contributed by atoms with Gasteiger partial charge in [0.05, 0.1) is 11.6 Å². The van der Waals surface area contributed by atoms with E-state index in [1.165, 1.54) is 11.1 Å². The van der Waals surface area contributed by atoms with Crippen LogP contribution >= 0.6 is 15.9 Å². The van der Waals surface area contributed by atoms with Crippen molar-refractivity contribution in [3.63, 3.8) is 0 Å². The number of benzene rings is 3. The number of aliphatic hydroxyl groups is 1. The largest absolute Gasteiger partial charge is 0.490 e. The molecule has 0 amide bonds. The van der Waals surface area contributed by atoms with Gasteiger partial charge in [-0.3, -0.25) is 14.8 Å². The number of pyridine rings is 1. The molecule has 1 aliphatic heterocycles. The molecule has 0 saturated carbocycles. The standard InChI is InChI=1S/C29H30BrN3O2/c30-24-18-26-27(31-19-24)12-7-13-28(26)35-21-25(34)20-32-14-16-33(17-15-32)29(22-8-3-1-4-9-22)23-10-5-2-6-11-23/h1-13,18-19,25,29,34H,14-17,20-21H2. The van der Waals surface area contributed by atoms with Gasteiger partial charge >= 0.3 is 0 Å². The van der Waals surface area contributed by atoms with Crippen molar-refractivity contribution >= 4 is 26.8 Å². The number of aliphatic hydroxyl groups excluding tert-OH is 1. The first-order chi connectivity index (χ1) is 17.2. The van der Waals surface area contributed by atoms with E-state index in [9.17, 15) is 5.11 Å². The minimum absolute atomic E-state index is 0.243. The molecule has 0 aliphatic carbocycles. The number of hydrogen-bond acceptors (Lipinski definition) is 5. The molecule has 1 aliphatic rings. The van der Waals surface area contributed by atoms with Gasteiger partial charge in [0.25, 0.3) is 0 Å². The second kappa shape index (κ2) is 11.3. The summed E-state index contributed by atoms with van der Waals surface area (Å²) in [7, 11) is 0. The van der Waals surface area contributed by atoms with Crippen molar-refractivity contribution in [2.24, 2.45) is 0 Å². The molecular weight excluding hydrogens is 502 g/mol. The molecule has 1 fully saturated rings. The highest BCUT2D eigenvalue weighted by Gasteiger charge is 2.27. The summed E-state index contributed by atoms with van der Waals surface area (Å²) in [4.78, 5) is 9.30. The number of halogens is 1. The summed E-state index contributed by atoms with van der Waals surface area (Å²) in [5.74, 6) is 0.744. The smallest absolute Gasteiger partial charge is 0.128 e. The summed E-state index contributed by atoms with van der Waals surface area (Å²) in [5.41, 5.74) is 3.51. The average Bonchev–Trinajstić information content (AvgIpc) is 2.90. The summed E-state index contributed by atoms with van der Waals surface area (Å²) < 4.78 is 6.91. The maximum Gasteiger partial charge on any atom is 0.128 e. The Morgan fingerprint density at radius 2 is 1.51 bits per heavy atom. The number of nitrogens with zero attached hydrogens (tertiary/aromatic N) is 3. The molecule has 1 saturated heterocycles. The van der Waals surface area contributed by atoms with Crippen LogP contribution in [0.3, 0.4) is 0 Å². The number of hydrogen-bond donors (Lipinski definition) is 1. The van der Waals surface area contributed by atoms with E-state index >= 15 is 0 Å². The Morgan fingerprint density at radius 1 is 0.857 bits per heavy atom. The fourth-order valence-electron chi connectivity index (χ4n) is 4.85. The molecule has 6 heteroatoms. The molecule has 1 N–H and O–H groups in total. The van der Waals surface area contributed by atoms with Gasteiger partial charge in [0, 0.05) is 48.8 Å². The molecule has 5 rings (SSSR count). The lowest BCUT2D eigenvalue weighted by Gasteiger charge is -2.40. The first-order valence-corrected chi connectivity index (χ1v) is 12.9. The Bertz CT molecular complexity index is 1190. The van der Waals surface area contributed by atoms with E-state index in [0.717, 1.165) is 47.3 Å². The molecule has 1 unspecified atom stereocenters. The average molecular weight is 532 g/mol. The summed E-state index contributed by atoms with van der Waals surface area (Å²) in [6.45, 7) is 4.58. The Hall–Kier alpha value is -2.77. The number of β-amino-alcohol motifs (C(OH)–C–C–N with tert-alkyl or cyclic N) is 1. The molecule has 4 aromatic rings. The lowest BCUT2D eigenvalue weighted by atomic mass is 9.96. The topological polar surface area (TPSA) is 48.8 Å². The van der Waals surface area contributed by atoms with Crippen molar-refractivity contribution in [1.29, 1.82) is 0 Å². The number of piperazine rings is 1. The van der Waals surface area contributed by atoms with E-state index in [1.54, 1.807) is 6.20 Å². The lowest BCUT2D eigenvalue weighted by Crippen LogP contribution is -2.50. The van der Waals surface area contributed by atoms with Gasteiger partial charge in [-0.2, -0.15) is 0 Å². The monoisotopic (exact) mass is 531 g/mol. The van der Waals surface area contributed by atoms with Crippen LogP contribution in [0.2, 0.25) is 0 Å². The SMILES string of the molecule is OC(COc1cccc2ncc(Br)cc12)CN1CCN(C(c2ccccc2)c2ccccc2)CC1. The van der Waals surface area contributed by atoms with Crippen LogP contribution in [0.5, 0.6) is 5.75 Å². The van der Waals surface area contributed by atoms with Crippen LogP contribution in [0, 0.1) is 0 Å². The van der Waals surface area contributed by atoms with Crippen LogP contribution in [0.15, 0.2) is 95.6 Å². The first kappa shape index (κ1) is 23.9. The number of rotatable bonds is 8. The van der Waals surface area contributed by atoms with Gasteiger partial charge in [-0.1, -0.05) is 66.7 Å². The van der Waals surface area contributed by atoms with E-state index in [2.05, 4.69) is 91.4 Å². The number of aromatic nitrogens is 1. The fraction of sp³-hybridized carbons (Fsp3) is 0.276. The molecule has 0 bridgehead atoms. The van der Waals surface area contributed by atoms with Gasteiger partial charge in [0.1, 0.15) is 18.5 Å². The second-order valence-corrected chi connectivity index (χ2v) is 9.92. The van der Waals surface area contributed by atoms with Crippen molar-refractivity contribution in [1.82, 2.24) is 14.8 Å². The molecule has 0 radical (unpaired) electrons. The van der Waals surface area contributed by atoms with Crippen LogP contribution in [0.4, 0.5) is 0 Å². The Kier molecular flexibility index (Phi) is 7.74. The Morgan fingerprint density at radius 3 is 2.17 bits per heavy atom. The molecule has 180 valence electrons. The summed E-state index contributed by atoms with van der Waals surface area (Å²) in [6, 6.07) is 29.5. The number of ether oxygens (including phenoxy) is 1. The third-order valence-corrected chi connectivity index (χ3v) is 6.99. The van der Waals surface area contributed by atoms with Crippen molar-refractivity contribution < 1.29 is 9.84 Å².